The van der Waals surface area contributed by atoms with Gasteiger partial charge in [0.05, 0.1) is 0 Å². The summed E-state index contributed by atoms with van der Waals surface area (Å²) in [6.07, 6.45) is -24.8. The van der Waals surface area contributed by atoms with Crippen LogP contribution in [0.2, 0.25) is 0 Å². The monoisotopic (exact) mass is 792 g/mol. The van der Waals surface area contributed by atoms with Gasteiger partial charge in [-0.3, -0.25) is 0 Å². The van der Waals surface area contributed by atoms with Crippen molar-refractivity contribution < 1.29 is 116 Å². The van der Waals surface area contributed by atoms with Crippen LogP contribution in [0.15, 0.2) is 12.2 Å². The summed E-state index contributed by atoms with van der Waals surface area (Å²) in [5, 5.41) is 0. The van der Waals surface area contributed by atoms with Crippen molar-refractivity contribution in [1.82, 2.24) is 0 Å². The molecule has 2 unspecified atom stereocenters. The molecule has 296 valence electrons. The van der Waals surface area contributed by atoms with E-state index in [1.807, 2.05) is 0 Å². The van der Waals surface area contributed by atoms with E-state index < -0.39 is 107 Å². The first-order chi connectivity index (χ1) is 21.3. The number of halogens is 22. The predicted octanol–water partition coefficient (Wildman–Crippen LogP) is 9.67. The van der Waals surface area contributed by atoms with Crippen LogP contribution >= 0.6 is 0 Å². The first-order valence-corrected chi connectivity index (χ1v) is 12.5. The third-order valence-electron chi connectivity index (χ3n) is 6.18. The molecule has 0 fully saturated rings. The van der Waals surface area contributed by atoms with Crippen molar-refractivity contribution in [2.24, 2.45) is 10.8 Å². The molecular formula is C24H22F22O4. The first kappa shape index (κ1) is 47.1. The molecule has 0 spiro atoms. The Balaban J connectivity index is 6.69. The maximum absolute atomic E-state index is 14.7. The molecule has 0 aliphatic rings. The second-order valence-corrected chi connectivity index (χ2v) is 12.4. The molecule has 26 heteroatoms. The quantitative estimate of drug-likeness (QED) is 0.112. The van der Waals surface area contributed by atoms with Crippen molar-refractivity contribution in [2.45, 2.75) is 113 Å². The molecule has 0 aromatic rings. The summed E-state index contributed by atoms with van der Waals surface area (Å²) in [7, 11) is 0. The van der Waals surface area contributed by atoms with Crippen LogP contribution in [0.1, 0.15) is 41.5 Å². The van der Waals surface area contributed by atoms with Crippen LogP contribution < -0.4 is 0 Å². The van der Waals surface area contributed by atoms with Gasteiger partial charge in [-0.15, -0.1) is 0 Å². The zero-order chi connectivity index (χ0) is 41.1. The number of carbonyl (C=O) groups excluding carboxylic acids is 2. The van der Waals surface area contributed by atoms with Gasteiger partial charge in [0.15, 0.2) is 12.2 Å². The third kappa shape index (κ3) is 7.81. The van der Waals surface area contributed by atoms with E-state index in [1.165, 1.54) is 0 Å². The van der Waals surface area contributed by atoms with Gasteiger partial charge in [-0.2, -0.15) is 96.6 Å². The van der Waals surface area contributed by atoms with E-state index >= 15 is 0 Å². The molecular weight excluding hydrogens is 770 g/mol. The average molecular weight is 792 g/mol. The average Bonchev–Trinajstić information content (AvgIpc) is 2.85. The number of carbonyl (C=O) groups is 2. The summed E-state index contributed by atoms with van der Waals surface area (Å²) in [6.45, 7) is 1.92. The fraction of sp³-hybridized carbons (Fsp3) is 0.833. The van der Waals surface area contributed by atoms with Crippen molar-refractivity contribution in [1.29, 1.82) is 0 Å². The third-order valence-corrected chi connectivity index (χ3v) is 6.18. The van der Waals surface area contributed by atoms with Gasteiger partial charge in [-0.05, 0) is 0 Å². The van der Waals surface area contributed by atoms with Gasteiger partial charge in [-0.25, -0.2) is 9.59 Å². The largest absolute Gasteiger partial charge is 0.460 e. The van der Waals surface area contributed by atoms with E-state index in [0.717, 1.165) is 0 Å². The van der Waals surface area contributed by atoms with Crippen molar-refractivity contribution in [3.05, 3.63) is 12.2 Å². The number of rotatable bonds is 12. The highest BCUT2D eigenvalue weighted by Crippen LogP contribution is 2.61. The normalized spacial score (nSPS) is 17.1. The topological polar surface area (TPSA) is 52.6 Å². The Labute approximate surface area is 265 Å². The molecule has 0 aromatic heterocycles. The number of hydrogen-bond donors (Lipinski definition) is 0. The molecule has 0 heterocycles. The van der Waals surface area contributed by atoms with Crippen LogP contribution in [0.5, 0.6) is 0 Å². The van der Waals surface area contributed by atoms with Gasteiger partial charge < -0.3 is 9.47 Å². The smallest absolute Gasteiger partial charge is 0.452 e. The number of ether oxygens (including phenoxy) is 2. The molecule has 50 heavy (non-hydrogen) atoms. The molecule has 0 saturated heterocycles. The molecule has 4 nitrogen and oxygen atoms in total. The van der Waals surface area contributed by atoms with Gasteiger partial charge in [-0.1, -0.05) is 41.5 Å². The highest BCUT2D eigenvalue weighted by molar-refractivity contribution is 5.91. The van der Waals surface area contributed by atoms with E-state index in [2.05, 4.69) is 9.47 Å². The van der Waals surface area contributed by atoms with E-state index in [9.17, 15) is 106 Å². The highest BCUT2D eigenvalue weighted by atomic mass is 19.4. The first-order valence-electron chi connectivity index (χ1n) is 12.5. The molecule has 0 N–H and O–H groups in total. The molecule has 0 bridgehead atoms. The van der Waals surface area contributed by atoms with E-state index in [4.69, 9.17) is 0 Å². The fourth-order valence-electron chi connectivity index (χ4n) is 3.53. The lowest BCUT2D eigenvalue weighted by Crippen LogP contribution is -2.70. The van der Waals surface area contributed by atoms with Crippen LogP contribution in [0, 0.1) is 10.8 Å². The van der Waals surface area contributed by atoms with Crippen molar-refractivity contribution in [3.8, 4) is 0 Å². The maximum Gasteiger partial charge on any atom is 0.460 e. The van der Waals surface area contributed by atoms with Gasteiger partial charge in [0.2, 0.25) is 0 Å². The van der Waals surface area contributed by atoms with Crippen LogP contribution in [-0.4, -0.2) is 83.9 Å². The van der Waals surface area contributed by atoms with Crippen molar-refractivity contribution in [2.75, 3.05) is 0 Å². The molecule has 2 atom stereocenters. The Kier molecular flexibility index (Phi) is 12.2. The predicted molar refractivity (Wildman–Crippen MR) is 119 cm³/mol. The van der Waals surface area contributed by atoms with Crippen LogP contribution in [0.25, 0.3) is 0 Å². The zero-order valence-electron chi connectivity index (χ0n) is 25.3. The van der Waals surface area contributed by atoms with E-state index in [1.54, 1.807) is 0 Å². The molecule has 0 rings (SSSR count). The molecule has 0 radical (unpaired) electrons. The lowest BCUT2D eigenvalue weighted by atomic mass is 9.80. The Hall–Kier alpha value is -2.86. The van der Waals surface area contributed by atoms with Crippen molar-refractivity contribution in [3.63, 3.8) is 0 Å². The van der Waals surface area contributed by atoms with Gasteiger partial charge in [0.25, 0.3) is 0 Å². The Bertz CT molecular complexity index is 1170. The van der Waals surface area contributed by atoms with E-state index in [-0.39, 0.29) is 0 Å². The van der Waals surface area contributed by atoms with Crippen LogP contribution in [0.4, 0.5) is 96.6 Å². The minimum Gasteiger partial charge on any atom is -0.452 e. The van der Waals surface area contributed by atoms with Gasteiger partial charge in [0.1, 0.15) is 0 Å². The lowest BCUT2D eigenvalue weighted by Gasteiger charge is -2.43. The molecule has 0 saturated carbocycles. The lowest BCUT2D eigenvalue weighted by molar-refractivity contribution is -0.431. The molecule has 0 amide bonds. The van der Waals surface area contributed by atoms with Crippen LogP contribution in [-0.2, 0) is 19.1 Å². The van der Waals surface area contributed by atoms with Crippen molar-refractivity contribution >= 4 is 11.9 Å². The highest BCUT2D eigenvalue weighted by Gasteiger charge is 2.90. The number of esters is 2. The molecule has 0 aliphatic carbocycles. The minimum absolute atomic E-state index is 0.321. The SMILES string of the molecule is CC(C)(C)C(OC(=O)/C=C/C(=O)OC(C(C)(C)C)C(F)(F)C(F)(F)C(F)(F)C(F)(F)C(F)(F)F)C(F)(F)C(F)(F)C(F)(F)C(F)(F)C(F)(F)F. The second kappa shape index (κ2) is 13.0. The van der Waals surface area contributed by atoms with Crippen LogP contribution in [0.3, 0.4) is 0 Å². The van der Waals surface area contributed by atoms with Gasteiger partial charge >= 0.3 is 71.7 Å². The fourth-order valence-corrected chi connectivity index (χ4v) is 3.53. The molecule has 0 aromatic carbocycles. The maximum atomic E-state index is 14.7. The summed E-state index contributed by atoms with van der Waals surface area (Å²) in [5.74, 6) is -66.3. The minimum atomic E-state index is -7.98. The summed E-state index contributed by atoms with van der Waals surface area (Å²) in [4.78, 5) is 24.0. The Morgan fingerprint density at radius 1 is 0.380 bits per heavy atom. The summed E-state index contributed by atoms with van der Waals surface area (Å²) in [6, 6.07) is 0. The Morgan fingerprint density at radius 3 is 0.740 bits per heavy atom. The summed E-state index contributed by atoms with van der Waals surface area (Å²) in [5.41, 5.74) is -5.68. The standard InChI is InChI=1S/C24H22F22O4/c1-13(2,3)11(15(25,26)17(29,30)19(33,34)21(37,38)23(41,42)43)49-9(47)7-8-10(48)50-12(14(4,5)6)16(27,28)18(31,32)20(35,36)22(39,40)24(44,45)46/h7-8,11-12H,1-6H3/b8-7+. The summed E-state index contributed by atoms with van der Waals surface area (Å²) < 4.78 is 305. The van der Waals surface area contributed by atoms with E-state index in [0.29, 0.717) is 41.5 Å². The Morgan fingerprint density at radius 2 is 0.580 bits per heavy atom. The molecule has 0 aliphatic heterocycles. The number of hydrogen-bond acceptors (Lipinski definition) is 4. The second-order valence-electron chi connectivity index (χ2n) is 12.4. The zero-order valence-corrected chi connectivity index (χ0v) is 25.3. The summed E-state index contributed by atoms with van der Waals surface area (Å²) >= 11 is 0. The van der Waals surface area contributed by atoms with Gasteiger partial charge in [0, 0.05) is 23.0 Å². The number of alkyl halides is 22.